The van der Waals surface area contributed by atoms with Gasteiger partial charge < -0.3 is 5.32 Å². The van der Waals surface area contributed by atoms with Crippen LogP contribution in [0.3, 0.4) is 0 Å². The van der Waals surface area contributed by atoms with E-state index in [1.165, 1.54) is 18.3 Å². The fraction of sp³-hybridized carbons (Fsp3) is 0.154. The molecule has 3 rings (SSSR count). The van der Waals surface area contributed by atoms with Gasteiger partial charge in [-0.05, 0) is 17.5 Å². The third kappa shape index (κ3) is 3.26. The van der Waals surface area contributed by atoms with Gasteiger partial charge in [0, 0.05) is 17.6 Å². The highest BCUT2D eigenvalue weighted by Gasteiger charge is 2.07. The average molecular weight is 316 g/mol. The van der Waals surface area contributed by atoms with Gasteiger partial charge in [-0.15, -0.1) is 5.10 Å². The molecular weight excluding hydrogens is 304 g/mol. The summed E-state index contributed by atoms with van der Waals surface area (Å²) < 4.78 is 2.73. The second-order valence-corrected chi connectivity index (χ2v) is 5.21. The molecule has 0 aromatic carbocycles. The predicted octanol–water partition coefficient (Wildman–Crippen LogP) is 0.202. The Morgan fingerprint density at radius 2 is 2.27 bits per heavy atom. The average Bonchev–Trinajstić information content (AvgIpc) is 3.18. The summed E-state index contributed by atoms with van der Waals surface area (Å²) >= 11 is 1.57. The van der Waals surface area contributed by atoms with E-state index in [9.17, 15) is 9.59 Å². The Morgan fingerprint density at radius 3 is 3.05 bits per heavy atom. The summed E-state index contributed by atoms with van der Waals surface area (Å²) in [6.45, 7) is 0.114. The molecule has 0 aliphatic carbocycles. The third-order valence-electron chi connectivity index (χ3n) is 2.86. The normalized spacial score (nSPS) is 10.5. The maximum absolute atomic E-state index is 11.8. The first-order valence-corrected chi connectivity index (χ1v) is 7.39. The molecule has 112 valence electrons. The van der Waals surface area contributed by atoms with Gasteiger partial charge >= 0.3 is 0 Å². The number of thiophene rings is 1. The quantitative estimate of drug-likeness (QED) is 0.725. The fourth-order valence-electron chi connectivity index (χ4n) is 1.78. The molecular formula is C13H12N6O2S. The lowest BCUT2D eigenvalue weighted by molar-refractivity contribution is -0.122. The van der Waals surface area contributed by atoms with Crippen molar-refractivity contribution in [1.82, 2.24) is 30.1 Å². The van der Waals surface area contributed by atoms with E-state index in [1.54, 1.807) is 22.2 Å². The second-order valence-electron chi connectivity index (χ2n) is 4.43. The SMILES string of the molecule is O=C(Cn1ncccc1=O)NCc1cn(-c2ccsc2)nn1. The maximum atomic E-state index is 11.8. The molecule has 0 aliphatic heterocycles. The lowest BCUT2D eigenvalue weighted by Gasteiger charge is -2.04. The van der Waals surface area contributed by atoms with E-state index in [1.807, 2.05) is 16.8 Å². The Morgan fingerprint density at radius 1 is 1.36 bits per heavy atom. The van der Waals surface area contributed by atoms with Crippen molar-refractivity contribution >= 4 is 17.2 Å². The molecule has 0 saturated heterocycles. The minimum Gasteiger partial charge on any atom is -0.349 e. The summed E-state index contributed by atoms with van der Waals surface area (Å²) in [5, 5.41) is 18.4. The van der Waals surface area contributed by atoms with E-state index in [0.717, 1.165) is 10.4 Å². The highest BCUT2D eigenvalue weighted by atomic mass is 32.1. The van der Waals surface area contributed by atoms with Crippen molar-refractivity contribution in [3.8, 4) is 5.69 Å². The molecule has 1 amide bonds. The smallest absolute Gasteiger partial charge is 0.267 e. The van der Waals surface area contributed by atoms with E-state index < -0.39 is 0 Å². The van der Waals surface area contributed by atoms with Crippen molar-refractivity contribution in [3.63, 3.8) is 0 Å². The fourth-order valence-corrected chi connectivity index (χ4v) is 2.40. The minimum atomic E-state index is -0.318. The zero-order chi connectivity index (χ0) is 15.4. The van der Waals surface area contributed by atoms with E-state index in [-0.39, 0.29) is 24.6 Å². The van der Waals surface area contributed by atoms with Gasteiger partial charge in [0.15, 0.2) is 0 Å². The topological polar surface area (TPSA) is 94.7 Å². The Hall–Kier alpha value is -2.81. The van der Waals surface area contributed by atoms with Crippen LogP contribution in [0.1, 0.15) is 5.69 Å². The zero-order valence-electron chi connectivity index (χ0n) is 11.4. The largest absolute Gasteiger partial charge is 0.349 e. The molecule has 22 heavy (non-hydrogen) atoms. The van der Waals surface area contributed by atoms with Crippen molar-refractivity contribution in [2.45, 2.75) is 13.1 Å². The van der Waals surface area contributed by atoms with Gasteiger partial charge in [0.05, 0.1) is 18.4 Å². The van der Waals surface area contributed by atoms with Crippen molar-refractivity contribution in [2.24, 2.45) is 0 Å². The Kier molecular flexibility index (Phi) is 4.05. The molecule has 0 radical (unpaired) electrons. The summed E-state index contributed by atoms with van der Waals surface area (Å²) in [7, 11) is 0. The van der Waals surface area contributed by atoms with Gasteiger partial charge in [-0.2, -0.15) is 16.4 Å². The number of amides is 1. The number of carbonyl (C=O) groups excluding carboxylic acids is 1. The van der Waals surface area contributed by atoms with E-state index in [4.69, 9.17) is 0 Å². The van der Waals surface area contributed by atoms with Crippen molar-refractivity contribution in [3.05, 3.63) is 57.4 Å². The molecule has 3 heterocycles. The molecule has 3 aromatic heterocycles. The van der Waals surface area contributed by atoms with Crippen LogP contribution in [0, 0.1) is 0 Å². The van der Waals surface area contributed by atoms with Crippen molar-refractivity contribution < 1.29 is 4.79 Å². The van der Waals surface area contributed by atoms with Crippen LogP contribution >= 0.6 is 11.3 Å². The van der Waals surface area contributed by atoms with Crippen LogP contribution in [0.2, 0.25) is 0 Å². The number of carbonyl (C=O) groups is 1. The highest BCUT2D eigenvalue weighted by Crippen LogP contribution is 2.10. The van der Waals surface area contributed by atoms with Gasteiger partial charge in [0.25, 0.3) is 5.56 Å². The molecule has 0 atom stereocenters. The first-order chi connectivity index (χ1) is 10.7. The zero-order valence-corrected chi connectivity index (χ0v) is 12.2. The van der Waals surface area contributed by atoms with E-state index in [2.05, 4.69) is 20.7 Å². The summed E-state index contributed by atoms with van der Waals surface area (Å²) in [5.41, 5.74) is 1.24. The molecule has 8 nitrogen and oxygen atoms in total. The van der Waals surface area contributed by atoms with Crippen molar-refractivity contribution in [2.75, 3.05) is 0 Å². The van der Waals surface area contributed by atoms with Crippen LogP contribution in [0.5, 0.6) is 0 Å². The summed E-state index contributed by atoms with van der Waals surface area (Å²) in [6, 6.07) is 4.81. The van der Waals surface area contributed by atoms with Crippen LogP contribution in [-0.2, 0) is 17.9 Å². The molecule has 0 bridgehead atoms. The summed E-state index contributed by atoms with van der Waals surface area (Å²) in [4.78, 5) is 23.3. The first kappa shape index (κ1) is 14.1. The third-order valence-corrected chi connectivity index (χ3v) is 3.53. The van der Waals surface area contributed by atoms with Crippen LogP contribution in [0.4, 0.5) is 0 Å². The highest BCUT2D eigenvalue weighted by molar-refractivity contribution is 7.08. The van der Waals surface area contributed by atoms with Gasteiger partial charge in [-0.3, -0.25) is 9.59 Å². The number of hydrogen-bond acceptors (Lipinski definition) is 6. The van der Waals surface area contributed by atoms with E-state index in [0.29, 0.717) is 5.69 Å². The Balaban J connectivity index is 1.57. The standard InChI is InChI=1S/C13H12N6O2S/c20-12(8-19-13(21)2-1-4-15-19)14-6-10-7-18(17-16-10)11-3-5-22-9-11/h1-5,7,9H,6,8H2,(H,14,20). The predicted molar refractivity (Wildman–Crippen MR) is 79.6 cm³/mol. The van der Waals surface area contributed by atoms with Crippen LogP contribution in [0.15, 0.2) is 46.1 Å². The van der Waals surface area contributed by atoms with Crippen molar-refractivity contribution in [1.29, 1.82) is 0 Å². The number of aromatic nitrogens is 5. The molecule has 3 aromatic rings. The molecule has 1 N–H and O–H groups in total. The molecule has 0 unspecified atom stereocenters. The number of hydrogen-bond donors (Lipinski definition) is 1. The molecule has 0 fully saturated rings. The van der Waals surface area contributed by atoms with Gasteiger partial charge in [0.2, 0.25) is 5.91 Å². The minimum absolute atomic E-state index is 0.127. The lowest BCUT2D eigenvalue weighted by atomic mass is 10.4. The maximum Gasteiger partial charge on any atom is 0.267 e. The lowest BCUT2D eigenvalue weighted by Crippen LogP contribution is -2.32. The number of nitrogens with zero attached hydrogens (tertiary/aromatic N) is 5. The Labute approximate surface area is 129 Å². The molecule has 0 aliphatic rings. The number of nitrogens with one attached hydrogen (secondary N) is 1. The Bertz CT molecular complexity index is 823. The first-order valence-electron chi connectivity index (χ1n) is 6.45. The van der Waals surface area contributed by atoms with Crippen LogP contribution < -0.4 is 10.9 Å². The molecule has 9 heteroatoms. The number of rotatable bonds is 5. The van der Waals surface area contributed by atoms with Crippen LogP contribution in [-0.4, -0.2) is 30.7 Å². The molecule has 0 saturated carbocycles. The second kappa shape index (κ2) is 6.31. The molecule has 0 spiro atoms. The van der Waals surface area contributed by atoms with Gasteiger partial charge in [-0.25, -0.2) is 9.36 Å². The van der Waals surface area contributed by atoms with Gasteiger partial charge in [-0.1, -0.05) is 5.21 Å². The summed E-state index contributed by atoms with van der Waals surface area (Å²) in [6.07, 6.45) is 3.20. The summed E-state index contributed by atoms with van der Waals surface area (Å²) in [5.74, 6) is -0.314. The van der Waals surface area contributed by atoms with Crippen LogP contribution in [0.25, 0.3) is 5.69 Å². The monoisotopic (exact) mass is 316 g/mol. The van der Waals surface area contributed by atoms with E-state index >= 15 is 0 Å². The van der Waals surface area contributed by atoms with Gasteiger partial charge in [0.1, 0.15) is 12.2 Å².